The summed E-state index contributed by atoms with van der Waals surface area (Å²) in [5.41, 5.74) is 0. The standard InChI is InChI=1S/Cd.2H2O3Si.Zr/c;2*1-4(2)3;/h;2*1-2H;. The van der Waals surface area contributed by atoms with Gasteiger partial charge in [-0.25, -0.2) is 0 Å². The molecule has 0 aliphatic heterocycles. The summed E-state index contributed by atoms with van der Waals surface area (Å²) in [6, 6.07) is 0. The van der Waals surface area contributed by atoms with E-state index >= 15 is 0 Å². The van der Waals surface area contributed by atoms with Crippen LogP contribution in [-0.4, -0.2) is 37.5 Å². The molecule has 10 heteroatoms. The normalized spacial score (nSPS) is 4.80. The van der Waals surface area contributed by atoms with Crippen LogP contribution in [0.2, 0.25) is 0 Å². The van der Waals surface area contributed by atoms with Crippen molar-refractivity contribution in [2.75, 3.05) is 0 Å². The zero-order valence-electron chi connectivity index (χ0n) is 4.81. The van der Waals surface area contributed by atoms with Gasteiger partial charge in [-0.15, -0.1) is 0 Å². The van der Waals surface area contributed by atoms with E-state index in [0.717, 1.165) is 0 Å². The molecule has 0 spiro atoms. The number of rotatable bonds is 0. The van der Waals surface area contributed by atoms with Crippen LogP contribution in [0.5, 0.6) is 0 Å². The molecule has 0 saturated carbocycles. The Kier molecular flexibility index (Phi) is 37.2. The minimum absolute atomic E-state index is 0. The first-order valence-corrected chi connectivity index (χ1v) is 3.91. The van der Waals surface area contributed by atoms with Gasteiger partial charge in [0.05, 0.1) is 0 Å². The predicted octanol–water partition coefficient (Wildman–Crippen LogP) is -3.23. The van der Waals surface area contributed by atoms with Gasteiger partial charge in [0, 0.05) is 53.5 Å². The van der Waals surface area contributed by atoms with E-state index in [1.54, 1.807) is 0 Å². The third-order valence-corrected chi connectivity index (χ3v) is 0. The SMILES string of the molecule is O=[Si](O)O.O=[Si](O)O.[Cd].[Zr]. The molecule has 6 nitrogen and oxygen atoms in total. The topological polar surface area (TPSA) is 115 Å². The Morgan fingerprint density at radius 1 is 0.800 bits per heavy atom. The van der Waals surface area contributed by atoms with E-state index < -0.39 is 18.3 Å². The van der Waals surface area contributed by atoms with Gasteiger partial charge in [0.15, 0.2) is 0 Å². The average molecular weight is 360 g/mol. The van der Waals surface area contributed by atoms with E-state index in [9.17, 15) is 0 Å². The third-order valence-electron chi connectivity index (χ3n) is 0. The zero-order chi connectivity index (χ0) is 7.15. The molecule has 0 saturated heterocycles. The van der Waals surface area contributed by atoms with Crippen LogP contribution in [0.15, 0.2) is 0 Å². The number of hydrogen-bond donors (Lipinski definition) is 4. The smallest absolute Gasteiger partial charge is 0.511 e. The summed E-state index contributed by atoms with van der Waals surface area (Å²) in [6.07, 6.45) is 0. The minimum Gasteiger partial charge on any atom is -0.511 e. The molecule has 0 fully saturated rings. The molecule has 0 unspecified atom stereocenters. The van der Waals surface area contributed by atoms with E-state index in [2.05, 4.69) is 0 Å². The molecule has 10 heavy (non-hydrogen) atoms. The molecule has 0 aliphatic carbocycles. The summed E-state index contributed by atoms with van der Waals surface area (Å²) in [5.74, 6) is 0. The molecule has 54 valence electrons. The van der Waals surface area contributed by atoms with Crippen LogP contribution in [-0.2, 0) is 62.4 Å². The van der Waals surface area contributed by atoms with E-state index in [1.165, 1.54) is 0 Å². The van der Waals surface area contributed by atoms with Crippen LogP contribution in [0.4, 0.5) is 0 Å². The van der Waals surface area contributed by atoms with Crippen LogP contribution >= 0.6 is 0 Å². The van der Waals surface area contributed by atoms with E-state index in [1.807, 2.05) is 0 Å². The Balaban J connectivity index is -0.0000000300. The summed E-state index contributed by atoms with van der Waals surface area (Å²) in [4.78, 5) is 28.6. The van der Waals surface area contributed by atoms with Crippen LogP contribution in [0.1, 0.15) is 0 Å². The van der Waals surface area contributed by atoms with E-state index in [-0.39, 0.29) is 53.5 Å². The zero-order valence-corrected chi connectivity index (χ0v) is 13.3. The molecule has 0 aromatic heterocycles. The van der Waals surface area contributed by atoms with Gasteiger partial charge in [0.2, 0.25) is 0 Å². The quantitative estimate of drug-likeness (QED) is 0.338. The molecule has 0 radical (unpaired) electrons. The fourth-order valence-corrected chi connectivity index (χ4v) is 0. The van der Waals surface area contributed by atoms with Gasteiger partial charge in [-0.3, -0.25) is 8.92 Å². The van der Waals surface area contributed by atoms with Crippen LogP contribution in [0.25, 0.3) is 0 Å². The molecule has 0 aromatic rings. The summed E-state index contributed by atoms with van der Waals surface area (Å²) in [5, 5.41) is 0. The fraction of sp³-hybridized carbons (Fsp3) is 0. The molecule has 4 N–H and O–H groups in total. The maximum atomic E-state index is 8.74. The fourth-order valence-electron chi connectivity index (χ4n) is 0. The second-order valence-electron chi connectivity index (χ2n) is 0.565. The Morgan fingerprint density at radius 3 is 0.800 bits per heavy atom. The maximum Gasteiger partial charge on any atom is 0.761 e. The van der Waals surface area contributed by atoms with Crippen molar-refractivity contribution in [2.45, 2.75) is 0 Å². The van der Waals surface area contributed by atoms with Crippen molar-refractivity contribution in [1.29, 1.82) is 0 Å². The van der Waals surface area contributed by atoms with Gasteiger partial charge >= 0.3 is 18.3 Å². The molecule has 0 aliphatic rings. The van der Waals surface area contributed by atoms with Gasteiger partial charge in [-0.1, -0.05) is 0 Å². The van der Waals surface area contributed by atoms with Gasteiger partial charge < -0.3 is 19.2 Å². The van der Waals surface area contributed by atoms with Crippen molar-refractivity contribution in [3.8, 4) is 0 Å². The van der Waals surface area contributed by atoms with E-state index in [0.29, 0.717) is 0 Å². The van der Waals surface area contributed by atoms with Crippen molar-refractivity contribution in [3.63, 3.8) is 0 Å². The Bertz CT molecular complexity index is 73.7. The third kappa shape index (κ3) is 541. The Hall–Kier alpha value is 1.04. The van der Waals surface area contributed by atoms with Crippen molar-refractivity contribution < 1.29 is 81.6 Å². The van der Waals surface area contributed by atoms with E-state index in [4.69, 9.17) is 28.1 Å². The molecular formula is H4CdO6Si2Zr. The van der Waals surface area contributed by atoms with Crippen LogP contribution < -0.4 is 0 Å². The van der Waals surface area contributed by atoms with Crippen molar-refractivity contribution in [3.05, 3.63) is 0 Å². The van der Waals surface area contributed by atoms with Crippen LogP contribution in [0, 0.1) is 0 Å². The van der Waals surface area contributed by atoms with Gasteiger partial charge in [-0.2, -0.15) is 0 Å². The van der Waals surface area contributed by atoms with Gasteiger partial charge in [-0.05, 0) is 0 Å². The average Bonchev–Trinajstić information content (AvgIpc) is 1.25. The van der Waals surface area contributed by atoms with Crippen LogP contribution in [0.3, 0.4) is 0 Å². The maximum absolute atomic E-state index is 8.74. The first kappa shape index (κ1) is 22.5. The molecule has 0 amide bonds. The molecule has 0 heterocycles. The molecule has 0 bridgehead atoms. The van der Waals surface area contributed by atoms with Crippen molar-refractivity contribution in [2.24, 2.45) is 0 Å². The first-order valence-electron chi connectivity index (χ1n) is 1.30. The molecule has 0 rings (SSSR count). The second-order valence-corrected chi connectivity index (χ2v) is 1.70. The van der Waals surface area contributed by atoms with Crippen molar-refractivity contribution >= 4 is 18.3 Å². The Labute approximate surface area is 99.0 Å². The largest absolute Gasteiger partial charge is 0.761 e. The summed E-state index contributed by atoms with van der Waals surface area (Å²) >= 11 is 0. The summed E-state index contributed by atoms with van der Waals surface area (Å²) in [6.45, 7) is 0. The second kappa shape index (κ2) is 16.6. The van der Waals surface area contributed by atoms with Gasteiger partial charge in [0.25, 0.3) is 0 Å². The molecule has 0 aromatic carbocycles. The first-order chi connectivity index (χ1) is 3.46. The molecular weight excluding hydrogens is 356 g/mol. The van der Waals surface area contributed by atoms with Gasteiger partial charge in [0.1, 0.15) is 0 Å². The molecule has 0 atom stereocenters. The summed E-state index contributed by atoms with van der Waals surface area (Å²) in [7, 11) is -6.26. The predicted molar refractivity (Wildman–Crippen MR) is 21.8 cm³/mol. The monoisotopic (exact) mass is 360 g/mol. The minimum atomic E-state index is -3.13. The summed E-state index contributed by atoms with van der Waals surface area (Å²) < 4.78 is 17.5. The Morgan fingerprint density at radius 2 is 0.800 bits per heavy atom. The van der Waals surface area contributed by atoms with Crippen molar-refractivity contribution in [1.82, 2.24) is 0 Å². The number of hydrogen-bond acceptors (Lipinski definition) is 2.